The van der Waals surface area contributed by atoms with E-state index in [0.29, 0.717) is 18.6 Å². The van der Waals surface area contributed by atoms with Crippen LogP contribution in [0.2, 0.25) is 0 Å². The molecule has 154 valence electrons. The molecule has 1 atom stereocenters. The van der Waals surface area contributed by atoms with Crippen LogP contribution in [-0.2, 0) is 11.3 Å². The van der Waals surface area contributed by atoms with E-state index in [2.05, 4.69) is 22.3 Å². The molecule has 1 spiro atoms. The Morgan fingerprint density at radius 2 is 1.90 bits per heavy atom. The van der Waals surface area contributed by atoms with Gasteiger partial charge in [-0.1, -0.05) is 30.3 Å². The SMILES string of the molecule is Fc1ccc(OCc2ccccc2)c(C2CCN([C@@H]3COC4(CNC4)C3)CC2)c1. The van der Waals surface area contributed by atoms with Crippen LogP contribution >= 0.6 is 0 Å². The van der Waals surface area contributed by atoms with E-state index < -0.39 is 0 Å². The first kappa shape index (κ1) is 19.0. The summed E-state index contributed by atoms with van der Waals surface area (Å²) in [4.78, 5) is 2.58. The van der Waals surface area contributed by atoms with E-state index in [0.717, 1.165) is 68.9 Å². The highest BCUT2D eigenvalue weighted by molar-refractivity contribution is 5.37. The maximum absolute atomic E-state index is 14.0. The van der Waals surface area contributed by atoms with Crippen molar-refractivity contribution in [1.82, 2.24) is 10.2 Å². The average molecular weight is 397 g/mol. The van der Waals surface area contributed by atoms with Gasteiger partial charge in [-0.25, -0.2) is 4.39 Å². The molecule has 0 aromatic heterocycles. The van der Waals surface area contributed by atoms with Crippen molar-refractivity contribution >= 4 is 0 Å². The number of ether oxygens (including phenoxy) is 2. The molecule has 5 heteroatoms. The second kappa shape index (κ2) is 8.05. The molecule has 2 aromatic carbocycles. The van der Waals surface area contributed by atoms with Gasteiger partial charge in [-0.15, -0.1) is 0 Å². The van der Waals surface area contributed by atoms with Gasteiger partial charge in [0.1, 0.15) is 18.2 Å². The van der Waals surface area contributed by atoms with Gasteiger partial charge in [0, 0.05) is 24.7 Å². The lowest BCUT2D eigenvalue weighted by molar-refractivity contribution is -0.0367. The van der Waals surface area contributed by atoms with Crippen molar-refractivity contribution in [2.75, 3.05) is 32.8 Å². The molecule has 0 aliphatic carbocycles. The standard InChI is InChI=1S/C24H29FN2O2/c25-20-6-7-23(28-14-18-4-2-1-3-5-18)22(12-20)19-8-10-27(11-9-19)21-13-24(29-15-21)16-26-17-24/h1-7,12,19,21,26H,8-11,13-17H2/t21-/m0/s1. The van der Waals surface area contributed by atoms with Crippen molar-refractivity contribution in [3.63, 3.8) is 0 Å². The fourth-order valence-electron chi connectivity index (χ4n) is 4.99. The second-order valence-electron chi connectivity index (χ2n) is 8.72. The van der Waals surface area contributed by atoms with Gasteiger partial charge in [0.2, 0.25) is 0 Å². The van der Waals surface area contributed by atoms with Gasteiger partial charge in [-0.2, -0.15) is 0 Å². The first-order valence-electron chi connectivity index (χ1n) is 10.8. The normalized spacial score (nSPS) is 24.5. The van der Waals surface area contributed by atoms with Crippen molar-refractivity contribution in [1.29, 1.82) is 0 Å². The molecule has 5 rings (SSSR count). The number of benzene rings is 2. The Bertz CT molecular complexity index is 832. The van der Waals surface area contributed by atoms with Crippen LogP contribution in [0.25, 0.3) is 0 Å². The number of nitrogens with zero attached hydrogens (tertiary/aromatic N) is 1. The molecule has 1 N–H and O–H groups in total. The van der Waals surface area contributed by atoms with E-state index in [1.54, 1.807) is 12.1 Å². The smallest absolute Gasteiger partial charge is 0.123 e. The number of likely N-dealkylation sites (tertiary alicyclic amines) is 1. The lowest BCUT2D eigenvalue weighted by Crippen LogP contribution is -2.59. The van der Waals surface area contributed by atoms with E-state index in [-0.39, 0.29) is 11.4 Å². The number of rotatable bonds is 5. The summed E-state index contributed by atoms with van der Waals surface area (Å²) >= 11 is 0. The van der Waals surface area contributed by atoms with Crippen LogP contribution in [0.5, 0.6) is 5.75 Å². The van der Waals surface area contributed by atoms with Gasteiger partial charge in [-0.3, -0.25) is 4.90 Å². The first-order valence-corrected chi connectivity index (χ1v) is 10.8. The summed E-state index contributed by atoms with van der Waals surface area (Å²) < 4.78 is 26.2. The zero-order chi connectivity index (χ0) is 19.7. The van der Waals surface area contributed by atoms with Crippen LogP contribution in [0.15, 0.2) is 48.5 Å². The Balaban J connectivity index is 1.22. The molecule has 3 aliphatic heterocycles. The maximum Gasteiger partial charge on any atom is 0.123 e. The predicted molar refractivity (Wildman–Crippen MR) is 111 cm³/mol. The van der Waals surface area contributed by atoms with E-state index in [4.69, 9.17) is 9.47 Å². The first-order chi connectivity index (χ1) is 14.2. The van der Waals surface area contributed by atoms with Crippen LogP contribution in [0.1, 0.15) is 36.3 Å². The summed E-state index contributed by atoms with van der Waals surface area (Å²) in [6.45, 7) is 5.41. The summed E-state index contributed by atoms with van der Waals surface area (Å²) in [6, 6.07) is 15.6. The van der Waals surface area contributed by atoms with Gasteiger partial charge >= 0.3 is 0 Å². The molecule has 2 aromatic rings. The summed E-state index contributed by atoms with van der Waals surface area (Å²) in [6.07, 6.45) is 3.20. The average Bonchev–Trinajstić information content (AvgIpc) is 3.20. The van der Waals surface area contributed by atoms with Crippen LogP contribution in [0.4, 0.5) is 4.39 Å². The van der Waals surface area contributed by atoms with Crippen LogP contribution in [0, 0.1) is 5.82 Å². The van der Waals surface area contributed by atoms with E-state index in [9.17, 15) is 4.39 Å². The maximum atomic E-state index is 14.0. The van der Waals surface area contributed by atoms with E-state index >= 15 is 0 Å². The molecular weight excluding hydrogens is 367 g/mol. The van der Waals surface area contributed by atoms with Crippen molar-refractivity contribution in [3.8, 4) is 5.75 Å². The predicted octanol–water partition coefficient (Wildman–Crippen LogP) is 3.72. The minimum Gasteiger partial charge on any atom is -0.489 e. The van der Waals surface area contributed by atoms with Crippen molar-refractivity contribution < 1.29 is 13.9 Å². The topological polar surface area (TPSA) is 33.7 Å². The van der Waals surface area contributed by atoms with Crippen molar-refractivity contribution in [3.05, 3.63) is 65.5 Å². The number of halogens is 1. The highest BCUT2D eigenvalue weighted by Gasteiger charge is 2.47. The number of nitrogens with one attached hydrogen (secondary N) is 1. The Morgan fingerprint density at radius 1 is 1.10 bits per heavy atom. The Kier molecular flexibility index (Phi) is 5.29. The fraction of sp³-hybridized carbons (Fsp3) is 0.500. The molecule has 3 saturated heterocycles. The minimum absolute atomic E-state index is 0.0997. The third-order valence-corrected chi connectivity index (χ3v) is 6.78. The Morgan fingerprint density at radius 3 is 2.59 bits per heavy atom. The molecule has 0 unspecified atom stereocenters. The second-order valence-corrected chi connectivity index (χ2v) is 8.72. The Labute approximate surface area is 172 Å². The summed E-state index contributed by atoms with van der Waals surface area (Å²) in [5, 5.41) is 3.34. The van der Waals surface area contributed by atoms with Gasteiger partial charge < -0.3 is 14.8 Å². The fourth-order valence-corrected chi connectivity index (χ4v) is 4.99. The molecule has 3 fully saturated rings. The minimum atomic E-state index is -0.182. The molecule has 0 amide bonds. The molecule has 3 heterocycles. The highest BCUT2D eigenvalue weighted by Crippen LogP contribution is 2.38. The third-order valence-electron chi connectivity index (χ3n) is 6.78. The van der Waals surface area contributed by atoms with Crippen LogP contribution < -0.4 is 10.1 Å². The third kappa shape index (κ3) is 4.04. The van der Waals surface area contributed by atoms with Gasteiger partial charge in [0.25, 0.3) is 0 Å². The zero-order valence-corrected chi connectivity index (χ0v) is 16.8. The van der Waals surface area contributed by atoms with Gasteiger partial charge in [0.05, 0.1) is 12.2 Å². The number of hydrogen-bond donors (Lipinski definition) is 1. The molecule has 4 nitrogen and oxygen atoms in total. The molecule has 29 heavy (non-hydrogen) atoms. The molecule has 0 saturated carbocycles. The Hall–Kier alpha value is -1.95. The largest absolute Gasteiger partial charge is 0.489 e. The van der Waals surface area contributed by atoms with Gasteiger partial charge in [-0.05, 0) is 62.0 Å². The van der Waals surface area contributed by atoms with Crippen LogP contribution in [-0.4, -0.2) is 49.3 Å². The lowest BCUT2D eigenvalue weighted by atomic mass is 9.86. The van der Waals surface area contributed by atoms with Gasteiger partial charge in [0.15, 0.2) is 0 Å². The number of hydrogen-bond acceptors (Lipinski definition) is 4. The highest BCUT2D eigenvalue weighted by atomic mass is 19.1. The summed E-state index contributed by atoms with van der Waals surface area (Å²) in [5.41, 5.74) is 2.24. The number of piperidine rings is 1. The quantitative estimate of drug-likeness (QED) is 0.835. The van der Waals surface area contributed by atoms with E-state index in [1.165, 1.54) is 6.07 Å². The molecule has 0 bridgehead atoms. The van der Waals surface area contributed by atoms with Crippen molar-refractivity contribution in [2.24, 2.45) is 0 Å². The summed E-state index contributed by atoms with van der Waals surface area (Å²) in [5.74, 6) is 0.977. The van der Waals surface area contributed by atoms with Crippen LogP contribution in [0.3, 0.4) is 0 Å². The molecule has 3 aliphatic rings. The van der Waals surface area contributed by atoms with Crippen molar-refractivity contribution in [2.45, 2.75) is 43.4 Å². The monoisotopic (exact) mass is 396 g/mol. The van der Waals surface area contributed by atoms with E-state index in [1.807, 2.05) is 18.2 Å². The lowest BCUT2D eigenvalue weighted by Gasteiger charge is -2.40. The molecule has 0 radical (unpaired) electrons. The summed E-state index contributed by atoms with van der Waals surface area (Å²) in [7, 11) is 0. The molecular formula is C24H29FN2O2. The zero-order valence-electron chi connectivity index (χ0n) is 16.8.